The molecule has 0 aromatic heterocycles. The summed E-state index contributed by atoms with van der Waals surface area (Å²) in [6, 6.07) is -0.588. The first-order valence-electron chi connectivity index (χ1n) is 5.16. The van der Waals surface area contributed by atoms with Crippen LogP contribution >= 0.6 is 0 Å². The number of aliphatic hydroxyl groups excluding tert-OH is 2. The fourth-order valence-electron chi connectivity index (χ4n) is 1.80. The van der Waals surface area contributed by atoms with Crippen LogP contribution in [0.15, 0.2) is 12.3 Å². The van der Waals surface area contributed by atoms with Gasteiger partial charge in [-0.3, -0.25) is 4.90 Å². The van der Waals surface area contributed by atoms with Crippen molar-refractivity contribution in [2.24, 2.45) is 5.73 Å². The molecule has 2 aliphatic heterocycles. The Kier molecular flexibility index (Phi) is 3.29. The molecule has 2 heterocycles. The second-order valence-electron chi connectivity index (χ2n) is 3.91. The van der Waals surface area contributed by atoms with Crippen molar-refractivity contribution in [3.8, 4) is 0 Å². The van der Waals surface area contributed by atoms with Gasteiger partial charge >= 0.3 is 6.03 Å². The highest BCUT2D eigenvalue weighted by atomic mass is 19.1. The normalized spacial score (nSPS) is 41.8. The smallest absolute Gasteiger partial charge is 0.325 e. The molecule has 8 heteroatoms. The van der Waals surface area contributed by atoms with Gasteiger partial charge in [0.25, 0.3) is 0 Å². The number of alkyl halides is 1. The summed E-state index contributed by atoms with van der Waals surface area (Å²) < 4.78 is 18.5. The third-order valence-electron chi connectivity index (χ3n) is 2.72. The number of carbonyl (C=O) groups is 1. The lowest BCUT2D eigenvalue weighted by Gasteiger charge is -2.31. The minimum absolute atomic E-state index is 0.562. The second kappa shape index (κ2) is 4.57. The Bertz CT molecular complexity index is 340. The number of hydrogen-bond donors (Lipinski definition) is 4. The highest BCUT2D eigenvalue weighted by Gasteiger charge is 2.47. The van der Waals surface area contributed by atoms with Crippen LogP contribution in [0.1, 0.15) is 0 Å². The summed E-state index contributed by atoms with van der Waals surface area (Å²) in [4.78, 5) is 12.6. The van der Waals surface area contributed by atoms with Crippen molar-refractivity contribution in [3.63, 3.8) is 0 Å². The van der Waals surface area contributed by atoms with E-state index in [-0.39, 0.29) is 0 Å². The van der Waals surface area contributed by atoms with E-state index < -0.39 is 43.4 Å². The van der Waals surface area contributed by atoms with Gasteiger partial charge in [-0.05, 0) is 6.08 Å². The summed E-state index contributed by atoms with van der Waals surface area (Å²) in [5, 5.41) is 20.8. The molecule has 1 saturated heterocycles. The molecule has 0 saturated carbocycles. The van der Waals surface area contributed by atoms with Crippen molar-refractivity contribution < 1.29 is 24.1 Å². The maximum atomic E-state index is 13.4. The Balaban J connectivity index is 2.13. The lowest BCUT2D eigenvalue weighted by molar-refractivity contribution is -0.0654. The Morgan fingerprint density at radius 1 is 1.65 bits per heavy atom. The Labute approximate surface area is 96.6 Å². The average Bonchev–Trinajstić information content (AvgIpc) is 2.57. The van der Waals surface area contributed by atoms with Gasteiger partial charge in [-0.15, -0.1) is 0 Å². The van der Waals surface area contributed by atoms with Crippen molar-refractivity contribution in [2.45, 2.75) is 30.8 Å². The van der Waals surface area contributed by atoms with Gasteiger partial charge in [0.05, 0.1) is 12.8 Å². The van der Waals surface area contributed by atoms with Crippen LogP contribution < -0.4 is 11.1 Å². The highest BCUT2D eigenvalue weighted by molar-refractivity contribution is 5.77. The molecule has 0 radical (unpaired) electrons. The number of nitrogens with two attached hydrogens (primary N) is 1. The van der Waals surface area contributed by atoms with Crippen LogP contribution in [0.3, 0.4) is 0 Å². The van der Waals surface area contributed by atoms with E-state index in [0.29, 0.717) is 0 Å². The number of carbonyl (C=O) groups excluding carboxylic acids is 1. The number of hydrogen-bond acceptors (Lipinski definition) is 5. The van der Waals surface area contributed by atoms with Gasteiger partial charge in [0, 0.05) is 6.20 Å². The van der Waals surface area contributed by atoms with Crippen molar-refractivity contribution in [1.29, 1.82) is 0 Å². The van der Waals surface area contributed by atoms with Gasteiger partial charge in [0.2, 0.25) is 0 Å². The zero-order valence-corrected chi connectivity index (χ0v) is 8.86. The molecule has 5 N–H and O–H groups in total. The van der Waals surface area contributed by atoms with E-state index in [1.54, 1.807) is 0 Å². The molecule has 0 aromatic carbocycles. The zero-order valence-electron chi connectivity index (χ0n) is 8.86. The van der Waals surface area contributed by atoms with Crippen LogP contribution in [-0.2, 0) is 4.74 Å². The minimum Gasteiger partial charge on any atom is -0.394 e. The van der Waals surface area contributed by atoms with E-state index in [1.165, 1.54) is 12.3 Å². The molecular weight excluding hydrogens is 233 g/mol. The van der Waals surface area contributed by atoms with Gasteiger partial charge in [-0.25, -0.2) is 9.18 Å². The third-order valence-corrected chi connectivity index (χ3v) is 2.72. The lowest BCUT2D eigenvalue weighted by Crippen LogP contribution is -2.55. The van der Waals surface area contributed by atoms with E-state index in [2.05, 4.69) is 5.32 Å². The molecule has 0 spiro atoms. The number of nitrogens with one attached hydrogen (secondary N) is 1. The summed E-state index contributed by atoms with van der Waals surface area (Å²) in [6.45, 7) is -0.562. The minimum atomic E-state index is -1.73. The van der Waals surface area contributed by atoms with Crippen LogP contribution in [0.25, 0.3) is 0 Å². The molecule has 2 unspecified atom stereocenters. The SMILES string of the molecule is NC1C=CN([C@@H]2O[C@H](CO)C(F)[C@@H]2O)C(=O)N1. The zero-order chi connectivity index (χ0) is 12.6. The van der Waals surface area contributed by atoms with Crippen molar-refractivity contribution in [2.75, 3.05) is 6.61 Å². The molecular formula is C9H14FN3O4. The summed E-state index contributed by atoms with van der Waals surface area (Å²) in [7, 11) is 0. The number of halogens is 1. The van der Waals surface area contributed by atoms with Crippen molar-refractivity contribution in [3.05, 3.63) is 12.3 Å². The first-order chi connectivity index (χ1) is 8.04. The quantitative estimate of drug-likeness (QED) is 0.461. The molecule has 0 bridgehead atoms. The van der Waals surface area contributed by atoms with Crippen LogP contribution in [0.5, 0.6) is 0 Å². The van der Waals surface area contributed by atoms with Crippen LogP contribution in [0.2, 0.25) is 0 Å². The fraction of sp³-hybridized carbons (Fsp3) is 0.667. The average molecular weight is 247 g/mol. The van der Waals surface area contributed by atoms with E-state index in [4.69, 9.17) is 15.6 Å². The maximum absolute atomic E-state index is 13.4. The number of nitrogens with zero attached hydrogens (tertiary/aromatic N) is 1. The van der Waals surface area contributed by atoms with Crippen LogP contribution in [-0.4, -0.2) is 58.5 Å². The third kappa shape index (κ3) is 2.12. The number of rotatable bonds is 2. The van der Waals surface area contributed by atoms with E-state index in [0.717, 1.165) is 4.90 Å². The monoisotopic (exact) mass is 247 g/mol. The molecule has 0 aliphatic carbocycles. The predicted octanol–water partition coefficient (Wildman–Crippen LogP) is -1.77. The number of aliphatic hydroxyl groups is 2. The number of amides is 2. The molecule has 17 heavy (non-hydrogen) atoms. The van der Waals surface area contributed by atoms with Crippen molar-refractivity contribution >= 4 is 6.03 Å². The predicted molar refractivity (Wildman–Crippen MR) is 54.1 cm³/mol. The maximum Gasteiger partial charge on any atom is 0.325 e. The van der Waals surface area contributed by atoms with E-state index >= 15 is 0 Å². The largest absolute Gasteiger partial charge is 0.394 e. The van der Waals surface area contributed by atoms with Gasteiger partial charge in [0.15, 0.2) is 12.4 Å². The number of ether oxygens (including phenoxy) is 1. The molecule has 2 rings (SSSR count). The van der Waals surface area contributed by atoms with E-state index in [1.807, 2.05) is 0 Å². The molecule has 1 fully saturated rings. The van der Waals surface area contributed by atoms with E-state index in [9.17, 15) is 14.3 Å². The standard InChI is InChI=1S/C9H14FN3O4/c10-6-4(3-14)17-8(7(6)15)13-2-1-5(11)12-9(13)16/h1-2,4-8,14-15H,3,11H2,(H,12,16)/t4-,5?,6?,7+,8-/m1/s1. The molecule has 0 aromatic rings. The summed E-state index contributed by atoms with van der Waals surface area (Å²) >= 11 is 0. The van der Waals surface area contributed by atoms with Gasteiger partial charge in [-0.2, -0.15) is 0 Å². The Hall–Kier alpha value is -1.22. The molecule has 96 valence electrons. The summed E-state index contributed by atoms with van der Waals surface area (Å²) in [5.74, 6) is 0. The fourth-order valence-corrected chi connectivity index (χ4v) is 1.80. The molecule has 2 aliphatic rings. The molecule has 2 amide bonds. The van der Waals surface area contributed by atoms with Gasteiger partial charge < -0.3 is 26.0 Å². The second-order valence-corrected chi connectivity index (χ2v) is 3.91. The van der Waals surface area contributed by atoms with Crippen molar-refractivity contribution in [1.82, 2.24) is 10.2 Å². The molecule has 7 nitrogen and oxygen atoms in total. The van der Waals surface area contributed by atoms with Crippen LogP contribution in [0, 0.1) is 0 Å². The topological polar surface area (TPSA) is 108 Å². The van der Waals surface area contributed by atoms with Crippen LogP contribution in [0.4, 0.5) is 9.18 Å². The lowest BCUT2D eigenvalue weighted by atomic mass is 10.1. The summed E-state index contributed by atoms with van der Waals surface area (Å²) in [5.41, 5.74) is 5.44. The molecule has 5 atom stereocenters. The summed E-state index contributed by atoms with van der Waals surface area (Å²) in [6.07, 6.45) is -3.36. The highest BCUT2D eigenvalue weighted by Crippen LogP contribution is 2.27. The number of urea groups is 1. The van der Waals surface area contributed by atoms with Gasteiger partial charge in [0.1, 0.15) is 12.2 Å². The Morgan fingerprint density at radius 3 is 2.88 bits per heavy atom. The first kappa shape index (κ1) is 12.2. The Morgan fingerprint density at radius 2 is 2.35 bits per heavy atom. The van der Waals surface area contributed by atoms with Gasteiger partial charge in [-0.1, -0.05) is 0 Å². The first-order valence-corrected chi connectivity index (χ1v) is 5.16.